The fourth-order valence-electron chi connectivity index (χ4n) is 3.72. The molecule has 4 rings (SSSR count). The first-order valence-corrected chi connectivity index (χ1v) is 11.7. The number of nitrogens with zero attached hydrogens (tertiary/aromatic N) is 4. The second-order valence-corrected chi connectivity index (χ2v) is 9.68. The summed E-state index contributed by atoms with van der Waals surface area (Å²) in [4.78, 5) is 19.1. The predicted molar refractivity (Wildman–Crippen MR) is 116 cm³/mol. The van der Waals surface area contributed by atoms with Crippen LogP contribution in [0.25, 0.3) is 0 Å². The van der Waals surface area contributed by atoms with Crippen LogP contribution >= 0.6 is 0 Å². The topological polar surface area (TPSA) is 85.3 Å². The van der Waals surface area contributed by atoms with Gasteiger partial charge in [0, 0.05) is 52.0 Å². The van der Waals surface area contributed by atoms with Gasteiger partial charge < -0.3 is 15.1 Å². The molecular formula is C21H27N5O3S. The quantitative estimate of drug-likeness (QED) is 0.736. The maximum atomic E-state index is 12.6. The normalized spacial score (nSPS) is 21.6. The molecular weight excluding hydrogens is 402 g/mol. The number of amidine groups is 1. The van der Waals surface area contributed by atoms with E-state index in [-0.39, 0.29) is 11.7 Å². The van der Waals surface area contributed by atoms with Crippen LogP contribution in [0, 0.1) is 0 Å². The Labute approximate surface area is 177 Å². The first-order chi connectivity index (χ1) is 14.4. The summed E-state index contributed by atoms with van der Waals surface area (Å²) < 4.78 is 26.9. The van der Waals surface area contributed by atoms with Gasteiger partial charge in [-0.1, -0.05) is 24.3 Å². The zero-order chi connectivity index (χ0) is 21.1. The average molecular weight is 430 g/mol. The number of sulfonamides is 1. The van der Waals surface area contributed by atoms with Gasteiger partial charge in [0.05, 0.1) is 11.3 Å². The van der Waals surface area contributed by atoms with Crippen molar-refractivity contribution < 1.29 is 13.2 Å². The number of piperazine rings is 1. The van der Waals surface area contributed by atoms with E-state index in [1.165, 1.54) is 5.56 Å². The van der Waals surface area contributed by atoms with E-state index in [2.05, 4.69) is 38.7 Å². The van der Waals surface area contributed by atoms with Crippen molar-refractivity contribution in [3.8, 4) is 0 Å². The molecule has 1 N–H and O–H groups in total. The number of fused-ring (bicyclic) bond motifs is 1. The first-order valence-electron chi connectivity index (χ1n) is 10.1. The Kier molecular flexibility index (Phi) is 6.03. The molecule has 0 unspecified atom stereocenters. The van der Waals surface area contributed by atoms with Crippen LogP contribution in [-0.2, 0) is 27.9 Å². The van der Waals surface area contributed by atoms with Gasteiger partial charge >= 0.3 is 0 Å². The van der Waals surface area contributed by atoms with Gasteiger partial charge in [-0.2, -0.15) is 0 Å². The van der Waals surface area contributed by atoms with E-state index in [1.807, 2.05) is 12.1 Å². The fourth-order valence-corrected chi connectivity index (χ4v) is 4.69. The highest BCUT2D eigenvalue weighted by atomic mass is 32.2. The Morgan fingerprint density at radius 3 is 2.67 bits per heavy atom. The predicted octanol–water partition coefficient (Wildman–Crippen LogP) is 0.548. The van der Waals surface area contributed by atoms with Crippen LogP contribution in [0.2, 0.25) is 0 Å². The largest absolute Gasteiger partial charge is 0.348 e. The molecule has 0 spiro atoms. The Morgan fingerprint density at radius 1 is 1.10 bits per heavy atom. The molecule has 0 radical (unpaired) electrons. The van der Waals surface area contributed by atoms with Crippen LogP contribution in [0.15, 0.2) is 52.6 Å². The van der Waals surface area contributed by atoms with Gasteiger partial charge in [-0.15, -0.1) is 4.40 Å². The molecule has 1 amide bonds. The molecule has 1 aromatic rings. The summed E-state index contributed by atoms with van der Waals surface area (Å²) in [6, 6.07) is 8.31. The molecule has 160 valence electrons. The molecule has 0 atom stereocenters. The van der Waals surface area contributed by atoms with Crippen LogP contribution in [-0.4, -0.2) is 80.4 Å². The lowest BCUT2D eigenvalue weighted by molar-refractivity contribution is -0.117. The minimum Gasteiger partial charge on any atom is -0.348 e. The van der Waals surface area contributed by atoms with E-state index >= 15 is 0 Å². The minimum absolute atomic E-state index is 0.0458. The van der Waals surface area contributed by atoms with Crippen LogP contribution in [0.3, 0.4) is 0 Å². The van der Waals surface area contributed by atoms with Crippen LogP contribution in [0.1, 0.15) is 11.1 Å². The smallest absolute Gasteiger partial charge is 0.256 e. The molecule has 1 aromatic carbocycles. The molecule has 1 fully saturated rings. The van der Waals surface area contributed by atoms with Gasteiger partial charge in [-0.25, -0.2) is 8.42 Å². The SMILES string of the molecule is CN1CCN(Cc2cccc(CNC(=O)C3=CN4CCS(=O)(=O)N=C4C=C3)c2)CC1. The molecule has 30 heavy (non-hydrogen) atoms. The maximum Gasteiger partial charge on any atom is 0.256 e. The van der Waals surface area contributed by atoms with E-state index < -0.39 is 10.0 Å². The number of rotatable bonds is 5. The third kappa shape index (κ3) is 5.16. The summed E-state index contributed by atoms with van der Waals surface area (Å²) in [6.07, 6.45) is 4.84. The number of carbonyl (C=O) groups is 1. The number of likely N-dealkylation sites (N-methyl/N-ethyl adjacent to an activating group) is 1. The zero-order valence-corrected chi connectivity index (χ0v) is 17.9. The van der Waals surface area contributed by atoms with Gasteiger partial charge in [0.2, 0.25) is 0 Å². The molecule has 1 saturated heterocycles. The highest BCUT2D eigenvalue weighted by molar-refractivity contribution is 7.90. The highest BCUT2D eigenvalue weighted by Crippen LogP contribution is 2.16. The van der Waals surface area contributed by atoms with Crippen molar-refractivity contribution >= 4 is 21.8 Å². The van der Waals surface area contributed by atoms with Crippen molar-refractivity contribution in [2.45, 2.75) is 13.1 Å². The second-order valence-electron chi connectivity index (χ2n) is 7.93. The van der Waals surface area contributed by atoms with Crippen molar-refractivity contribution in [2.24, 2.45) is 4.40 Å². The lowest BCUT2D eigenvalue weighted by Crippen LogP contribution is -2.43. The van der Waals surface area contributed by atoms with Gasteiger partial charge in [-0.3, -0.25) is 9.69 Å². The van der Waals surface area contributed by atoms with Crippen molar-refractivity contribution in [3.63, 3.8) is 0 Å². The van der Waals surface area contributed by atoms with Crippen molar-refractivity contribution in [3.05, 3.63) is 59.3 Å². The summed E-state index contributed by atoms with van der Waals surface area (Å²) in [5.74, 6) is 0.119. The van der Waals surface area contributed by atoms with Crippen molar-refractivity contribution in [1.29, 1.82) is 0 Å². The Balaban J connectivity index is 1.33. The summed E-state index contributed by atoms with van der Waals surface area (Å²) in [5, 5.41) is 2.95. The molecule has 9 heteroatoms. The van der Waals surface area contributed by atoms with Gasteiger partial charge in [0.25, 0.3) is 15.9 Å². The van der Waals surface area contributed by atoms with E-state index in [9.17, 15) is 13.2 Å². The third-order valence-electron chi connectivity index (χ3n) is 5.53. The number of carbonyl (C=O) groups excluding carboxylic acids is 1. The number of nitrogens with one attached hydrogen (secondary N) is 1. The minimum atomic E-state index is -3.40. The van der Waals surface area contributed by atoms with E-state index in [1.54, 1.807) is 23.3 Å². The summed E-state index contributed by atoms with van der Waals surface area (Å²) in [6.45, 7) is 5.99. The maximum absolute atomic E-state index is 12.6. The summed E-state index contributed by atoms with van der Waals surface area (Å²) in [5.41, 5.74) is 2.79. The van der Waals surface area contributed by atoms with Crippen molar-refractivity contribution in [2.75, 3.05) is 45.5 Å². The lowest BCUT2D eigenvalue weighted by Gasteiger charge is -2.32. The van der Waals surface area contributed by atoms with E-state index in [4.69, 9.17) is 0 Å². The summed E-state index contributed by atoms with van der Waals surface area (Å²) in [7, 11) is -1.24. The Morgan fingerprint density at radius 2 is 1.87 bits per heavy atom. The van der Waals surface area contributed by atoms with Crippen LogP contribution in [0.4, 0.5) is 0 Å². The molecule has 0 saturated carbocycles. The number of hydrogen-bond acceptors (Lipinski definition) is 6. The average Bonchev–Trinajstić information content (AvgIpc) is 2.73. The molecule has 0 aromatic heterocycles. The first kappa shape index (κ1) is 20.8. The Bertz CT molecular complexity index is 1010. The van der Waals surface area contributed by atoms with Gasteiger partial charge in [-0.05, 0) is 30.3 Å². The molecule has 8 nitrogen and oxygen atoms in total. The van der Waals surface area contributed by atoms with Crippen LogP contribution in [0.5, 0.6) is 0 Å². The Hall–Kier alpha value is -2.49. The molecule has 0 bridgehead atoms. The van der Waals surface area contributed by atoms with Gasteiger partial charge in [0.15, 0.2) is 0 Å². The number of benzene rings is 1. The van der Waals surface area contributed by atoms with E-state index in [0.29, 0.717) is 24.5 Å². The third-order valence-corrected chi connectivity index (χ3v) is 6.70. The second kappa shape index (κ2) is 8.71. The van der Waals surface area contributed by atoms with Crippen molar-refractivity contribution in [1.82, 2.24) is 20.0 Å². The zero-order valence-electron chi connectivity index (χ0n) is 17.1. The molecule has 3 aliphatic heterocycles. The number of hydrogen-bond donors (Lipinski definition) is 1. The number of amides is 1. The lowest BCUT2D eigenvalue weighted by atomic mass is 10.1. The van der Waals surface area contributed by atoms with E-state index in [0.717, 1.165) is 38.3 Å². The highest BCUT2D eigenvalue weighted by Gasteiger charge is 2.25. The molecule has 3 aliphatic rings. The van der Waals surface area contributed by atoms with Gasteiger partial charge in [0.1, 0.15) is 5.84 Å². The molecule has 0 aliphatic carbocycles. The molecule has 3 heterocycles. The standard InChI is InChI=1S/C21H27N5O3S/c1-24-7-9-25(10-8-24)15-18-4-2-3-17(13-18)14-22-21(27)19-5-6-20-23-30(28,29)12-11-26(20)16-19/h2-6,13,16H,7-12,14-15H2,1H3,(H,22,27). The van der Waals surface area contributed by atoms with Crippen LogP contribution < -0.4 is 5.32 Å². The summed E-state index contributed by atoms with van der Waals surface area (Å²) >= 11 is 0. The fraction of sp³-hybridized carbons (Fsp3) is 0.429. The monoisotopic (exact) mass is 429 g/mol.